The van der Waals surface area contributed by atoms with Gasteiger partial charge in [-0.3, -0.25) is 4.79 Å². The van der Waals surface area contributed by atoms with Gasteiger partial charge in [0.1, 0.15) is 0 Å². The Morgan fingerprint density at radius 2 is 2.00 bits per heavy atom. The second kappa shape index (κ2) is 9.15. The molecule has 1 aromatic rings. The molecule has 0 saturated heterocycles. The molecule has 0 fully saturated rings. The molecule has 5 heteroatoms. The van der Waals surface area contributed by atoms with Crippen LogP contribution in [0.5, 0.6) is 0 Å². The second-order valence-corrected chi connectivity index (χ2v) is 5.84. The molecule has 1 N–H and O–H groups in total. The molecule has 0 atom stereocenters. The number of halogens is 1. The summed E-state index contributed by atoms with van der Waals surface area (Å²) in [5.41, 5.74) is 4.82. The number of hydrogen-bond donors (Lipinski definition) is 1. The molecule has 3 nitrogen and oxygen atoms in total. The first-order valence-electron chi connectivity index (χ1n) is 6.32. The molecular formula is C14H19BrN2OS. The molecule has 104 valence electrons. The van der Waals surface area contributed by atoms with Crippen LogP contribution in [0, 0.1) is 0 Å². The third kappa shape index (κ3) is 6.25. The van der Waals surface area contributed by atoms with Gasteiger partial charge >= 0.3 is 0 Å². The molecular weight excluding hydrogens is 324 g/mol. The van der Waals surface area contributed by atoms with E-state index < -0.39 is 0 Å². The monoisotopic (exact) mass is 342 g/mol. The molecule has 1 rings (SSSR count). The molecule has 19 heavy (non-hydrogen) atoms. The molecule has 0 aliphatic heterocycles. The molecule has 0 aliphatic carbocycles. The highest BCUT2D eigenvalue weighted by atomic mass is 79.9. The van der Waals surface area contributed by atoms with Gasteiger partial charge in [-0.25, -0.2) is 5.43 Å². The molecule has 0 spiro atoms. The summed E-state index contributed by atoms with van der Waals surface area (Å²) in [6.45, 7) is 4.08. The SMILES string of the molecule is CCC(CC)=NNC(=O)CSCc1ccccc1Br. The topological polar surface area (TPSA) is 41.5 Å². The highest BCUT2D eigenvalue weighted by Crippen LogP contribution is 2.20. The van der Waals surface area contributed by atoms with Crippen LogP contribution in [0.3, 0.4) is 0 Å². The summed E-state index contributed by atoms with van der Waals surface area (Å²) in [5, 5.41) is 4.10. The number of nitrogens with zero attached hydrogens (tertiary/aromatic N) is 1. The van der Waals surface area contributed by atoms with Crippen LogP contribution in [0.4, 0.5) is 0 Å². The molecule has 0 heterocycles. The zero-order valence-electron chi connectivity index (χ0n) is 11.3. The fraction of sp³-hybridized carbons (Fsp3) is 0.429. The van der Waals surface area contributed by atoms with Crippen LogP contribution in [0.15, 0.2) is 33.8 Å². The third-order valence-electron chi connectivity index (χ3n) is 2.60. The van der Waals surface area contributed by atoms with E-state index in [1.54, 1.807) is 11.8 Å². The minimum absolute atomic E-state index is 0.0450. The van der Waals surface area contributed by atoms with E-state index in [2.05, 4.69) is 32.5 Å². The van der Waals surface area contributed by atoms with E-state index in [-0.39, 0.29) is 5.91 Å². The summed E-state index contributed by atoms with van der Waals surface area (Å²) in [6, 6.07) is 8.05. The first kappa shape index (κ1) is 16.2. The Morgan fingerprint density at radius 1 is 1.32 bits per heavy atom. The number of hydrogen-bond acceptors (Lipinski definition) is 3. The van der Waals surface area contributed by atoms with E-state index >= 15 is 0 Å². The molecule has 1 amide bonds. The van der Waals surface area contributed by atoms with Gasteiger partial charge in [0.05, 0.1) is 5.75 Å². The fourth-order valence-electron chi connectivity index (χ4n) is 1.45. The summed E-state index contributed by atoms with van der Waals surface area (Å²) >= 11 is 5.08. The van der Waals surface area contributed by atoms with E-state index in [4.69, 9.17) is 0 Å². The number of thioether (sulfide) groups is 1. The maximum Gasteiger partial charge on any atom is 0.250 e. The summed E-state index contributed by atoms with van der Waals surface area (Å²) in [4.78, 5) is 11.6. The van der Waals surface area contributed by atoms with Gasteiger partial charge in [0, 0.05) is 15.9 Å². The van der Waals surface area contributed by atoms with Crippen molar-refractivity contribution < 1.29 is 4.79 Å². The maximum atomic E-state index is 11.6. The smallest absolute Gasteiger partial charge is 0.250 e. The van der Waals surface area contributed by atoms with E-state index in [1.165, 1.54) is 5.56 Å². The zero-order valence-corrected chi connectivity index (χ0v) is 13.7. The van der Waals surface area contributed by atoms with Crippen molar-refractivity contribution in [3.05, 3.63) is 34.3 Å². The fourth-order valence-corrected chi connectivity index (χ4v) is 2.89. The van der Waals surface area contributed by atoms with E-state index in [0.717, 1.165) is 28.8 Å². The van der Waals surface area contributed by atoms with Crippen molar-refractivity contribution in [2.24, 2.45) is 5.10 Å². The van der Waals surface area contributed by atoms with Crippen molar-refractivity contribution in [3.63, 3.8) is 0 Å². The van der Waals surface area contributed by atoms with Crippen LogP contribution in [-0.2, 0) is 10.5 Å². The van der Waals surface area contributed by atoms with Crippen LogP contribution in [0.2, 0.25) is 0 Å². The van der Waals surface area contributed by atoms with Crippen LogP contribution < -0.4 is 5.43 Å². The quantitative estimate of drug-likeness (QED) is 0.601. The van der Waals surface area contributed by atoms with Gasteiger partial charge in [0.15, 0.2) is 0 Å². The lowest BCUT2D eigenvalue weighted by molar-refractivity contribution is -0.118. The minimum Gasteiger partial charge on any atom is -0.272 e. The first-order valence-corrected chi connectivity index (χ1v) is 8.27. The van der Waals surface area contributed by atoms with Gasteiger partial charge in [-0.15, -0.1) is 11.8 Å². The number of carbonyl (C=O) groups excluding carboxylic acids is 1. The Hall–Kier alpha value is -0.810. The summed E-state index contributed by atoms with van der Waals surface area (Å²) in [7, 11) is 0. The van der Waals surface area contributed by atoms with Crippen LogP contribution in [0.1, 0.15) is 32.3 Å². The van der Waals surface area contributed by atoms with Gasteiger partial charge in [-0.05, 0) is 24.5 Å². The zero-order chi connectivity index (χ0) is 14.1. The molecule has 0 aromatic heterocycles. The molecule has 0 aliphatic rings. The average molecular weight is 343 g/mol. The van der Waals surface area contributed by atoms with Gasteiger partial charge < -0.3 is 0 Å². The normalized spacial score (nSPS) is 10.1. The minimum atomic E-state index is -0.0450. The summed E-state index contributed by atoms with van der Waals surface area (Å²) in [5.74, 6) is 1.19. The van der Waals surface area contributed by atoms with Crippen LogP contribution in [0.25, 0.3) is 0 Å². The maximum absolute atomic E-state index is 11.6. The number of rotatable bonds is 7. The largest absolute Gasteiger partial charge is 0.272 e. The second-order valence-electron chi connectivity index (χ2n) is 4.00. The Labute approximate surface area is 127 Å². The molecule has 1 aromatic carbocycles. The first-order chi connectivity index (χ1) is 9.17. The van der Waals surface area contributed by atoms with Crippen molar-refractivity contribution in [2.45, 2.75) is 32.4 Å². The average Bonchev–Trinajstić information content (AvgIpc) is 2.42. The standard InChI is InChI=1S/C14H19BrN2OS/c1-3-12(4-2)16-17-14(18)10-19-9-11-7-5-6-8-13(11)15/h5-8H,3-4,9-10H2,1-2H3,(H,17,18). The van der Waals surface area contributed by atoms with E-state index in [9.17, 15) is 4.79 Å². The molecule has 0 radical (unpaired) electrons. The Bertz CT molecular complexity index is 443. The van der Waals surface area contributed by atoms with Crippen molar-refractivity contribution >= 4 is 39.3 Å². The highest BCUT2D eigenvalue weighted by Gasteiger charge is 2.03. The number of nitrogens with one attached hydrogen (secondary N) is 1. The lowest BCUT2D eigenvalue weighted by Gasteiger charge is -2.04. The Morgan fingerprint density at radius 3 is 2.63 bits per heavy atom. The summed E-state index contributed by atoms with van der Waals surface area (Å²) < 4.78 is 1.08. The number of hydrazone groups is 1. The van der Waals surface area contributed by atoms with Gasteiger partial charge in [0.25, 0.3) is 0 Å². The molecule has 0 bridgehead atoms. The Balaban J connectivity index is 2.32. The number of amides is 1. The molecule has 0 saturated carbocycles. The van der Waals surface area contributed by atoms with Crippen LogP contribution in [-0.4, -0.2) is 17.4 Å². The van der Waals surface area contributed by atoms with E-state index in [0.29, 0.717) is 5.75 Å². The number of carbonyl (C=O) groups is 1. The van der Waals surface area contributed by atoms with Crippen molar-refractivity contribution in [3.8, 4) is 0 Å². The van der Waals surface area contributed by atoms with Gasteiger partial charge in [-0.1, -0.05) is 48.0 Å². The van der Waals surface area contributed by atoms with Crippen molar-refractivity contribution in [2.75, 3.05) is 5.75 Å². The van der Waals surface area contributed by atoms with Crippen LogP contribution >= 0.6 is 27.7 Å². The predicted molar refractivity (Wildman–Crippen MR) is 86.5 cm³/mol. The highest BCUT2D eigenvalue weighted by molar-refractivity contribution is 9.10. The lowest BCUT2D eigenvalue weighted by atomic mass is 10.2. The lowest BCUT2D eigenvalue weighted by Crippen LogP contribution is -2.21. The van der Waals surface area contributed by atoms with Gasteiger partial charge in [0.2, 0.25) is 5.91 Å². The van der Waals surface area contributed by atoms with Crippen molar-refractivity contribution in [1.29, 1.82) is 0 Å². The van der Waals surface area contributed by atoms with E-state index in [1.807, 2.05) is 32.0 Å². The van der Waals surface area contributed by atoms with Crippen molar-refractivity contribution in [1.82, 2.24) is 5.43 Å². The predicted octanol–water partition coefficient (Wildman–Crippen LogP) is 3.97. The van der Waals surface area contributed by atoms with Gasteiger partial charge in [-0.2, -0.15) is 5.10 Å². The number of benzene rings is 1. The summed E-state index contributed by atoms with van der Waals surface area (Å²) in [6.07, 6.45) is 1.75. The third-order valence-corrected chi connectivity index (χ3v) is 4.36. The Kier molecular flexibility index (Phi) is 7.82. The molecule has 0 unspecified atom stereocenters.